The summed E-state index contributed by atoms with van der Waals surface area (Å²) in [5, 5.41) is 3.33. The van der Waals surface area contributed by atoms with Crippen molar-refractivity contribution in [1.82, 2.24) is 5.32 Å². The summed E-state index contributed by atoms with van der Waals surface area (Å²) < 4.78 is 14.2. The molecule has 0 atom stereocenters. The molecule has 1 aromatic rings. The van der Waals surface area contributed by atoms with Crippen LogP contribution in [0.1, 0.15) is 51.5 Å². The highest BCUT2D eigenvalue weighted by molar-refractivity contribution is 5.54. The molecule has 2 nitrogen and oxygen atoms in total. The number of anilines is 1. The third kappa shape index (κ3) is 3.72. The van der Waals surface area contributed by atoms with Gasteiger partial charge in [-0.1, -0.05) is 39.2 Å². The van der Waals surface area contributed by atoms with E-state index < -0.39 is 0 Å². The van der Waals surface area contributed by atoms with E-state index in [-0.39, 0.29) is 5.82 Å². The molecular weight excluding hydrogens is 251 g/mol. The summed E-state index contributed by atoms with van der Waals surface area (Å²) in [6.45, 7) is 4.77. The zero-order chi connectivity index (χ0) is 14.5. The zero-order valence-corrected chi connectivity index (χ0v) is 13.0. The molecule has 20 heavy (non-hydrogen) atoms. The Morgan fingerprint density at radius 2 is 1.95 bits per heavy atom. The summed E-state index contributed by atoms with van der Waals surface area (Å²) >= 11 is 0. The summed E-state index contributed by atoms with van der Waals surface area (Å²) in [4.78, 5) is 2.29. The Balaban J connectivity index is 2.18. The first kappa shape index (κ1) is 15.3. The lowest BCUT2D eigenvalue weighted by atomic mass is 9.93. The van der Waals surface area contributed by atoms with E-state index in [1.807, 2.05) is 6.07 Å². The Morgan fingerprint density at radius 3 is 2.60 bits per heavy atom. The molecule has 0 unspecified atom stereocenters. The quantitative estimate of drug-likeness (QED) is 0.872. The molecular formula is C17H27FN2. The lowest BCUT2D eigenvalue weighted by Crippen LogP contribution is -2.35. The number of benzene rings is 1. The van der Waals surface area contributed by atoms with Crippen molar-refractivity contribution in [3.63, 3.8) is 0 Å². The summed E-state index contributed by atoms with van der Waals surface area (Å²) in [7, 11) is 2.11. The van der Waals surface area contributed by atoms with Crippen molar-refractivity contribution in [2.75, 3.05) is 11.9 Å². The SMILES string of the molecule is CC(C)NCc1c(F)cccc1N(C)C1CCCCC1. The van der Waals surface area contributed by atoms with Gasteiger partial charge in [-0.15, -0.1) is 0 Å². The first-order chi connectivity index (χ1) is 9.59. The minimum atomic E-state index is -0.0988. The largest absolute Gasteiger partial charge is 0.371 e. The average molecular weight is 278 g/mol. The number of halogens is 1. The van der Waals surface area contributed by atoms with Crippen molar-refractivity contribution in [2.45, 2.75) is 64.6 Å². The van der Waals surface area contributed by atoms with Crippen LogP contribution in [0.5, 0.6) is 0 Å². The highest BCUT2D eigenvalue weighted by Crippen LogP contribution is 2.29. The molecule has 0 amide bonds. The van der Waals surface area contributed by atoms with Crippen molar-refractivity contribution in [2.24, 2.45) is 0 Å². The van der Waals surface area contributed by atoms with Gasteiger partial charge in [-0.05, 0) is 25.0 Å². The van der Waals surface area contributed by atoms with Gasteiger partial charge in [0.05, 0.1) is 0 Å². The number of nitrogens with zero attached hydrogens (tertiary/aromatic N) is 1. The summed E-state index contributed by atoms with van der Waals surface area (Å²) in [5.41, 5.74) is 1.85. The fourth-order valence-corrected chi connectivity index (χ4v) is 3.02. The standard InChI is InChI=1S/C17H27FN2/c1-13(2)19-12-15-16(18)10-7-11-17(15)20(3)14-8-5-4-6-9-14/h7,10-11,13-14,19H,4-6,8-9,12H2,1-3H3. The van der Waals surface area contributed by atoms with Gasteiger partial charge in [0.2, 0.25) is 0 Å². The van der Waals surface area contributed by atoms with E-state index >= 15 is 0 Å². The van der Waals surface area contributed by atoms with Crippen molar-refractivity contribution >= 4 is 5.69 Å². The van der Waals surface area contributed by atoms with Crippen LogP contribution >= 0.6 is 0 Å². The fourth-order valence-electron chi connectivity index (χ4n) is 3.02. The molecule has 1 fully saturated rings. The smallest absolute Gasteiger partial charge is 0.129 e. The second kappa shape index (κ2) is 7.07. The molecule has 1 aliphatic rings. The maximum absolute atomic E-state index is 14.2. The molecule has 112 valence electrons. The highest BCUT2D eigenvalue weighted by Gasteiger charge is 2.21. The summed E-state index contributed by atoms with van der Waals surface area (Å²) in [6, 6.07) is 6.36. The molecule has 0 aromatic heterocycles. The summed E-state index contributed by atoms with van der Waals surface area (Å²) in [5.74, 6) is -0.0988. The van der Waals surface area contributed by atoms with E-state index in [1.165, 1.54) is 32.1 Å². The van der Waals surface area contributed by atoms with Crippen LogP contribution in [-0.4, -0.2) is 19.1 Å². The molecule has 1 N–H and O–H groups in total. The molecule has 0 heterocycles. The van der Waals surface area contributed by atoms with Crippen LogP contribution in [-0.2, 0) is 6.54 Å². The second-order valence-electron chi connectivity index (χ2n) is 6.18. The average Bonchev–Trinajstić information content (AvgIpc) is 2.45. The normalized spacial score (nSPS) is 16.6. The molecule has 1 saturated carbocycles. The molecule has 0 saturated heterocycles. The van der Waals surface area contributed by atoms with Crippen LogP contribution in [0, 0.1) is 5.82 Å². The van der Waals surface area contributed by atoms with Gasteiger partial charge in [-0.2, -0.15) is 0 Å². The Hall–Kier alpha value is -1.09. The van der Waals surface area contributed by atoms with Gasteiger partial charge in [-0.25, -0.2) is 4.39 Å². The van der Waals surface area contributed by atoms with Crippen molar-refractivity contribution in [3.05, 3.63) is 29.6 Å². The van der Waals surface area contributed by atoms with E-state index in [4.69, 9.17) is 0 Å². The van der Waals surface area contributed by atoms with Crippen molar-refractivity contribution < 1.29 is 4.39 Å². The number of hydrogen-bond acceptors (Lipinski definition) is 2. The first-order valence-electron chi connectivity index (χ1n) is 7.83. The Bertz CT molecular complexity index is 425. The molecule has 0 radical (unpaired) electrons. The van der Waals surface area contributed by atoms with E-state index in [9.17, 15) is 4.39 Å². The van der Waals surface area contributed by atoms with E-state index in [0.29, 0.717) is 18.6 Å². The van der Waals surface area contributed by atoms with Gasteiger partial charge < -0.3 is 10.2 Å². The molecule has 2 rings (SSSR count). The van der Waals surface area contributed by atoms with Crippen molar-refractivity contribution in [3.8, 4) is 0 Å². The number of hydrogen-bond donors (Lipinski definition) is 1. The molecule has 0 spiro atoms. The maximum Gasteiger partial charge on any atom is 0.129 e. The lowest BCUT2D eigenvalue weighted by Gasteiger charge is -2.34. The molecule has 0 aliphatic heterocycles. The summed E-state index contributed by atoms with van der Waals surface area (Å²) in [6.07, 6.45) is 6.39. The van der Waals surface area contributed by atoms with Crippen LogP contribution < -0.4 is 10.2 Å². The van der Waals surface area contributed by atoms with Crippen LogP contribution in [0.2, 0.25) is 0 Å². The second-order valence-corrected chi connectivity index (χ2v) is 6.18. The van der Waals surface area contributed by atoms with Crippen LogP contribution in [0.15, 0.2) is 18.2 Å². The van der Waals surface area contributed by atoms with Gasteiger partial charge in [0.15, 0.2) is 0 Å². The number of rotatable bonds is 5. The Morgan fingerprint density at radius 1 is 1.25 bits per heavy atom. The van der Waals surface area contributed by atoms with Crippen LogP contribution in [0.25, 0.3) is 0 Å². The van der Waals surface area contributed by atoms with Crippen LogP contribution in [0.4, 0.5) is 10.1 Å². The van der Waals surface area contributed by atoms with Gasteiger partial charge >= 0.3 is 0 Å². The third-order valence-corrected chi connectivity index (χ3v) is 4.28. The van der Waals surface area contributed by atoms with Gasteiger partial charge in [0, 0.05) is 36.9 Å². The van der Waals surface area contributed by atoms with Gasteiger partial charge in [-0.3, -0.25) is 0 Å². The first-order valence-corrected chi connectivity index (χ1v) is 7.83. The third-order valence-electron chi connectivity index (χ3n) is 4.28. The monoisotopic (exact) mass is 278 g/mol. The van der Waals surface area contributed by atoms with Crippen molar-refractivity contribution in [1.29, 1.82) is 0 Å². The molecule has 1 aromatic carbocycles. The van der Waals surface area contributed by atoms with E-state index in [1.54, 1.807) is 6.07 Å². The predicted molar refractivity (Wildman–Crippen MR) is 83.7 cm³/mol. The van der Waals surface area contributed by atoms with Crippen LogP contribution in [0.3, 0.4) is 0 Å². The molecule has 0 bridgehead atoms. The Kier molecular flexibility index (Phi) is 5.41. The maximum atomic E-state index is 14.2. The minimum Gasteiger partial charge on any atom is -0.371 e. The van der Waals surface area contributed by atoms with Gasteiger partial charge in [0.25, 0.3) is 0 Å². The fraction of sp³-hybridized carbons (Fsp3) is 0.647. The zero-order valence-electron chi connectivity index (χ0n) is 13.0. The minimum absolute atomic E-state index is 0.0988. The topological polar surface area (TPSA) is 15.3 Å². The predicted octanol–water partition coefficient (Wildman–Crippen LogP) is 4.09. The lowest BCUT2D eigenvalue weighted by molar-refractivity contribution is 0.426. The molecule has 3 heteroatoms. The Labute approximate surface area is 122 Å². The highest BCUT2D eigenvalue weighted by atomic mass is 19.1. The van der Waals surface area contributed by atoms with E-state index in [2.05, 4.69) is 37.2 Å². The number of nitrogens with one attached hydrogen (secondary N) is 1. The van der Waals surface area contributed by atoms with Gasteiger partial charge in [0.1, 0.15) is 5.82 Å². The molecule has 1 aliphatic carbocycles. The van der Waals surface area contributed by atoms with E-state index in [0.717, 1.165) is 11.3 Å².